The third-order valence-corrected chi connectivity index (χ3v) is 3.65. The number of hydrogen-bond donors (Lipinski definition) is 2. The van der Waals surface area contributed by atoms with Gasteiger partial charge in [0.15, 0.2) is 0 Å². The van der Waals surface area contributed by atoms with Gasteiger partial charge in [0.25, 0.3) is 0 Å². The minimum absolute atomic E-state index is 0.175. The SMILES string of the molecule is CC(CO)(Nc1ccc(F)cc1)c1ccc(Cl)cc1Cl. The maximum Gasteiger partial charge on any atom is 0.123 e. The second kappa shape index (κ2) is 6.00. The molecule has 0 spiro atoms. The number of hydrogen-bond acceptors (Lipinski definition) is 2. The largest absolute Gasteiger partial charge is 0.394 e. The fourth-order valence-corrected chi connectivity index (χ4v) is 2.60. The van der Waals surface area contributed by atoms with Crippen molar-refractivity contribution in [3.05, 3.63) is 63.9 Å². The highest BCUT2D eigenvalue weighted by molar-refractivity contribution is 6.35. The van der Waals surface area contributed by atoms with Gasteiger partial charge in [0, 0.05) is 15.7 Å². The maximum absolute atomic E-state index is 12.9. The van der Waals surface area contributed by atoms with Crippen molar-refractivity contribution in [2.24, 2.45) is 0 Å². The molecule has 0 heterocycles. The summed E-state index contributed by atoms with van der Waals surface area (Å²) < 4.78 is 12.9. The lowest BCUT2D eigenvalue weighted by atomic mass is 9.92. The topological polar surface area (TPSA) is 32.3 Å². The van der Waals surface area contributed by atoms with E-state index in [-0.39, 0.29) is 12.4 Å². The van der Waals surface area contributed by atoms with Crippen molar-refractivity contribution in [3.8, 4) is 0 Å². The minimum atomic E-state index is -0.792. The summed E-state index contributed by atoms with van der Waals surface area (Å²) in [5.74, 6) is -0.314. The lowest BCUT2D eigenvalue weighted by molar-refractivity contribution is 0.224. The Labute approximate surface area is 127 Å². The standard InChI is InChI=1S/C15H14Cl2FNO/c1-15(9-20,13-7-2-10(16)8-14(13)17)19-12-5-3-11(18)4-6-12/h2-8,19-20H,9H2,1H3. The van der Waals surface area contributed by atoms with Crippen LogP contribution in [0.15, 0.2) is 42.5 Å². The molecule has 0 aromatic heterocycles. The summed E-state index contributed by atoms with van der Waals surface area (Å²) in [7, 11) is 0. The second-order valence-corrected chi connectivity index (χ2v) is 5.59. The van der Waals surface area contributed by atoms with Crippen LogP contribution >= 0.6 is 23.2 Å². The average molecular weight is 314 g/mol. The van der Waals surface area contributed by atoms with Gasteiger partial charge in [0.05, 0.1) is 12.1 Å². The summed E-state index contributed by atoms with van der Waals surface area (Å²) in [6.45, 7) is 1.64. The van der Waals surface area contributed by atoms with Gasteiger partial charge in [-0.15, -0.1) is 0 Å². The zero-order valence-corrected chi connectivity index (χ0v) is 12.3. The van der Waals surface area contributed by atoms with Crippen LogP contribution in [0.1, 0.15) is 12.5 Å². The van der Waals surface area contributed by atoms with Crippen LogP contribution in [0.5, 0.6) is 0 Å². The fraction of sp³-hybridized carbons (Fsp3) is 0.200. The van der Waals surface area contributed by atoms with E-state index < -0.39 is 5.54 Å². The van der Waals surface area contributed by atoms with E-state index in [1.54, 1.807) is 30.3 Å². The van der Waals surface area contributed by atoms with Crippen molar-refractivity contribution in [2.75, 3.05) is 11.9 Å². The molecule has 1 unspecified atom stereocenters. The van der Waals surface area contributed by atoms with E-state index in [0.29, 0.717) is 15.7 Å². The monoisotopic (exact) mass is 313 g/mol. The normalized spacial score (nSPS) is 13.8. The zero-order chi connectivity index (χ0) is 14.8. The predicted molar refractivity (Wildman–Crippen MR) is 80.9 cm³/mol. The molecule has 0 fully saturated rings. The van der Waals surface area contributed by atoms with E-state index in [4.69, 9.17) is 23.2 Å². The number of halogens is 3. The van der Waals surface area contributed by atoms with Crippen molar-refractivity contribution in [3.63, 3.8) is 0 Å². The molecule has 0 amide bonds. The Bertz CT molecular complexity index is 603. The molecule has 5 heteroatoms. The van der Waals surface area contributed by atoms with Crippen molar-refractivity contribution < 1.29 is 9.50 Å². The highest BCUT2D eigenvalue weighted by Gasteiger charge is 2.28. The molecule has 0 radical (unpaired) electrons. The van der Waals surface area contributed by atoms with Gasteiger partial charge in [0.1, 0.15) is 5.82 Å². The Balaban J connectivity index is 2.35. The first kappa shape index (κ1) is 15.1. The third-order valence-electron chi connectivity index (χ3n) is 3.11. The molecule has 0 saturated carbocycles. The molecule has 2 aromatic carbocycles. The van der Waals surface area contributed by atoms with Crippen LogP contribution in [-0.4, -0.2) is 11.7 Å². The highest BCUT2D eigenvalue weighted by atomic mass is 35.5. The molecular formula is C15H14Cl2FNO. The Morgan fingerprint density at radius 3 is 2.35 bits per heavy atom. The number of benzene rings is 2. The van der Waals surface area contributed by atoms with Gasteiger partial charge < -0.3 is 10.4 Å². The van der Waals surface area contributed by atoms with E-state index in [1.807, 2.05) is 6.92 Å². The number of aliphatic hydroxyl groups is 1. The van der Waals surface area contributed by atoms with Gasteiger partial charge in [-0.25, -0.2) is 4.39 Å². The molecule has 0 aliphatic heterocycles. The Kier molecular flexibility index (Phi) is 4.53. The maximum atomic E-state index is 12.9. The number of anilines is 1. The lowest BCUT2D eigenvalue weighted by Crippen LogP contribution is -2.36. The molecule has 2 rings (SSSR count). The van der Waals surface area contributed by atoms with Gasteiger partial charge in [-0.1, -0.05) is 29.3 Å². The van der Waals surface area contributed by atoms with Crippen LogP contribution in [0.2, 0.25) is 10.0 Å². The van der Waals surface area contributed by atoms with Crippen LogP contribution in [0, 0.1) is 5.82 Å². The minimum Gasteiger partial charge on any atom is -0.394 e. The van der Waals surface area contributed by atoms with Crippen LogP contribution in [0.4, 0.5) is 10.1 Å². The van der Waals surface area contributed by atoms with E-state index in [0.717, 1.165) is 5.56 Å². The van der Waals surface area contributed by atoms with Crippen molar-refractivity contribution in [2.45, 2.75) is 12.5 Å². The molecule has 2 aromatic rings. The summed E-state index contributed by atoms with van der Waals surface area (Å²) in [6, 6.07) is 11.0. The summed E-state index contributed by atoms with van der Waals surface area (Å²) in [5.41, 5.74) is 0.615. The third kappa shape index (κ3) is 3.23. The number of aliphatic hydroxyl groups excluding tert-OH is 1. The van der Waals surface area contributed by atoms with Gasteiger partial charge in [-0.05, 0) is 48.9 Å². The van der Waals surface area contributed by atoms with Gasteiger partial charge in [-0.2, -0.15) is 0 Å². The highest BCUT2D eigenvalue weighted by Crippen LogP contribution is 2.33. The summed E-state index contributed by atoms with van der Waals surface area (Å²) >= 11 is 12.1. The second-order valence-electron chi connectivity index (χ2n) is 4.75. The molecule has 0 saturated heterocycles. The number of nitrogens with one attached hydrogen (secondary N) is 1. The average Bonchev–Trinajstić information content (AvgIpc) is 2.41. The van der Waals surface area contributed by atoms with Crippen molar-refractivity contribution in [1.82, 2.24) is 0 Å². The Morgan fingerprint density at radius 1 is 1.15 bits per heavy atom. The number of rotatable bonds is 4. The van der Waals surface area contributed by atoms with Crippen LogP contribution in [0.25, 0.3) is 0 Å². The zero-order valence-electron chi connectivity index (χ0n) is 10.8. The molecule has 0 aliphatic carbocycles. The Hall–Kier alpha value is -1.29. The first-order valence-corrected chi connectivity index (χ1v) is 6.80. The smallest absolute Gasteiger partial charge is 0.123 e. The van der Waals surface area contributed by atoms with E-state index in [1.165, 1.54) is 12.1 Å². The van der Waals surface area contributed by atoms with Gasteiger partial charge in [-0.3, -0.25) is 0 Å². The fourth-order valence-electron chi connectivity index (χ4n) is 1.98. The first-order valence-electron chi connectivity index (χ1n) is 6.05. The molecule has 0 aliphatic rings. The van der Waals surface area contributed by atoms with E-state index in [9.17, 15) is 9.50 Å². The Morgan fingerprint density at radius 2 is 1.80 bits per heavy atom. The van der Waals surface area contributed by atoms with Crippen LogP contribution < -0.4 is 5.32 Å². The van der Waals surface area contributed by atoms with Crippen LogP contribution in [-0.2, 0) is 5.54 Å². The first-order chi connectivity index (χ1) is 9.44. The quantitative estimate of drug-likeness (QED) is 0.874. The summed E-state index contributed by atoms with van der Waals surface area (Å²) in [6.07, 6.45) is 0. The molecular weight excluding hydrogens is 300 g/mol. The molecule has 106 valence electrons. The van der Waals surface area contributed by atoms with E-state index in [2.05, 4.69) is 5.32 Å². The van der Waals surface area contributed by atoms with E-state index >= 15 is 0 Å². The van der Waals surface area contributed by atoms with Crippen LogP contribution in [0.3, 0.4) is 0 Å². The molecule has 2 N–H and O–H groups in total. The lowest BCUT2D eigenvalue weighted by Gasteiger charge is -2.31. The molecule has 20 heavy (non-hydrogen) atoms. The molecule has 1 atom stereocenters. The summed E-state index contributed by atoms with van der Waals surface area (Å²) in [4.78, 5) is 0. The van der Waals surface area contributed by atoms with Crippen molar-refractivity contribution >= 4 is 28.9 Å². The van der Waals surface area contributed by atoms with Crippen molar-refractivity contribution in [1.29, 1.82) is 0 Å². The summed E-state index contributed by atoms with van der Waals surface area (Å²) in [5, 5.41) is 13.9. The molecule has 2 nitrogen and oxygen atoms in total. The van der Waals surface area contributed by atoms with Gasteiger partial charge in [0.2, 0.25) is 0 Å². The molecule has 0 bridgehead atoms. The predicted octanol–water partition coefficient (Wildman–Crippen LogP) is 4.45. The van der Waals surface area contributed by atoms with Gasteiger partial charge >= 0.3 is 0 Å².